The lowest BCUT2D eigenvalue weighted by Gasteiger charge is -2.10. The maximum absolute atomic E-state index is 12.9. The van der Waals surface area contributed by atoms with Gasteiger partial charge in [0, 0.05) is 31.1 Å². The van der Waals surface area contributed by atoms with E-state index in [-0.39, 0.29) is 11.5 Å². The fourth-order valence-electron chi connectivity index (χ4n) is 2.47. The summed E-state index contributed by atoms with van der Waals surface area (Å²) in [6.45, 7) is 2.59. The Balaban J connectivity index is 1.98. The van der Waals surface area contributed by atoms with Crippen LogP contribution < -0.4 is 0 Å². The topological polar surface area (TPSA) is 77.1 Å². The van der Waals surface area contributed by atoms with E-state index in [2.05, 4.69) is 5.10 Å². The molecule has 0 aliphatic heterocycles. The minimum atomic E-state index is -3.66. The van der Waals surface area contributed by atoms with Gasteiger partial charge in [-0.15, -0.1) is 0 Å². The van der Waals surface area contributed by atoms with Crippen LogP contribution in [-0.4, -0.2) is 33.9 Å². The molecule has 0 unspecified atom stereocenters. The van der Waals surface area contributed by atoms with Crippen LogP contribution in [0.1, 0.15) is 12.0 Å². The fraction of sp³-hybridized carbons (Fsp3) is 0.235. The van der Waals surface area contributed by atoms with E-state index >= 15 is 0 Å². The molecule has 0 aliphatic carbocycles. The first-order valence-corrected chi connectivity index (χ1v) is 9.09. The predicted molar refractivity (Wildman–Crippen MR) is 91.1 cm³/mol. The summed E-state index contributed by atoms with van der Waals surface area (Å²) in [5, 5.41) is 13.1. The summed E-state index contributed by atoms with van der Waals surface area (Å²) < 4.78 is 28.7. The SMILES string of the molecule is Cc1ccc(S(=O)(=O)n2cccc2-c2cnn(CCCO)c2)cc1. The molecule has 3 aromatic rings. The summed E-state index contributed by atoms with van der Waals surface area (Å²) in [4.78, 5) is 0.248. The summed E-state index contributed by atoms with van der Waals surface area (Å²) in [5.41, 5.74) is 2.28. The van der Waals surface area contributed by atoms with Gasteiger partial charge in [0.25, 0.3) is 10.0 Å². The Morgan fingerprint density at radius 1 is 1.17 bits per heavy atom. The number of nitrogens with zero attached hydrogens (tertiary/aromatic N) is 3. The van der Waals surface area contributed by atoms with E-state index in [1.165, 1.54) is 10.2 Å². The lowest BCUT2D eigenvalue weighted by molar-refractivity contribution is 0.277. The third-order valence-corrected chi connectivity index (χ3v) is 5.47. The molecular formula is C17H19N3O3S. The highest BCUT2D eigenvalue weighted by Gasteiger charge is 2.20. The van der Waals surface area contributed by atoms with Gasteiger partial charge in [-0.2, -0.15) is 5.10 Å². The molecule has 6 nitrogen and oxygen atoms in total. The highest BCUT2D eigenvalue weighted by atomic mass is 32.2. The molecule has 0 fully saturated rings. The molecule has 24 heavy (non-hydrogen) atoms. The van der Waals surface area contributed by atoms with Gasteiger partial charge in [-0.25, -0.2) is 12.4 Å². The van der Waals surface area contributed by atoms with Crippen molar-refractivity contribution in [1.29, 1.82) is 0 Å². The third-order valence-electron chi connectivity index (χ3n) is 3.77. The molecule has 1 N–H and O–H groups in total. The Morgan fingerprint density at radius 3 is 2.62 bits per heavy atom. The number of hydrogen-bond donors (Lipinski definition) is 1. The Bertz CT molecular complexity index is 924. The van der Waals surface area contributed by atoms with Crippen LogP contribution in [0, 0.1) is 6.92 Å². The standard InChI is InChI=1S/C17H19N3O3S/c1-14-5-7-16(8-6-14)24(22,23)20-10-2-4-17(20)15-12-18-19(13-15)9-3-11-21/h2,4-8,10,12-13,21H,3,9,11H2,1H3. The third kappa shape index (κ3) is 3.13. The molecule has 3 rings (SSSR count). The molecule has 0 saturated heterocycles. The van der Waals surface area contributed by atoms with E-state index in [0.717, 1.165) is 5.56 Å². The first kappa shape index (κ1) is 16.5. The molecule has 0 atom stereocenters. The number of aliphatic hydroxyl groups is 1. The molecule has 0 bridgehead atoms. The van der Waals surface area contributed by atoms with Crippen LogP contribution in [0.5, 0.6) is 0 Å². The number of aliphatic hydroxyl groups excluding tert-OH is 1. The van der Waals surface area contributed by atoms with Crippen LogP contribution in [-0.2, 0) is 16.6 Å². The minimum absolute atomic E-state index is 0.0906. The molecule has 0 radical (unpaired) electrons. The number of rotatable bonds is 6. The zero-order valence-electron chi connectivity index (χ0n) is 13.3. The van der Waals surface area contributed by atoms with E-state index in [0.29, 0.717) is 24.2 Å². The average molecular weight is 345 g/mol. The van der Waals surface area contributed by atoms with Crippen molar-refractivity contribution < 1.29 is 13.5 Å². The quantitative estimate of drug-likeness (QED) is 0.743. The van der Waals surface area contributed by atoms with Gasteiger partial charge in [-0.1, -0.05) is 17.7 Å². The van der Waals surface area contributed by atoms with Crippen LogP contribution in [0.15, 0.2) is 59.9 Å². The van der Waals surface area contributed by atoms with Crippen molar-refractivity contribution in [3.05, 3.63) is 60.6 Å². The predicted octanol–water partition coefficient (Wildman–Crippen LogP) is 2.28. The van der Waals surface area contributed by atoms with Crippen LogP contribution in [0.3, 0.4) is 0 Å². The Kier molecular flexibility index (Phi) is 4.55. The van der Waals surface area contributed by atoms with Gasteiger partial charge in [0.2, 0.25) is 0 Å². The molecular weight excluding hydrogens is 326 g/mol. The second-order valence-electron chi connectivity index (χ2n) is 5.58. The molecule has 2 aromatic heterocycles. The first-order valence-electron chi connectivity index (χ1n) is 7.65. The van der Waals surface area contributed by atoms with Crippen molar-refractivity contribution in [2.24, 2.45) is 0 Å². The summed E-state index contributed by atoms with van der Waals surface area (Å²) in [6, 6.07) is 10.2. The fourth-order valence-corrected chi connectivity index (χ4v) is 3.84. The van der Waals surface area contributed by atoms with Gasteiger partial charge in [-0.05, 0) is 37.6 Å². The van der Waals surface area contributed by atoms with Gasteiger partial charge in [-0.3, -0.25) is 4.68 Å². The lowest BCUT2D eigenvalue weighted by Crippen LogP contribution is -2.13. The Labute approximate surface area is 141 Å². The Hall–Kier alpha value is -2.38. The van der Waals surface area contributed by atoms with Crippen molar-refractivity contribution in [2.75, 3.05) is 6.61 Å². The van der Waals surface area contributed by atoms with E-state index < -0.39 is 10.0 Å². The monoisotopic (exact) mass is 345 g/mol. The maximum Gasteiger partial charge on any atom is 0.268 e. The van der Waals surface area contributed by atoms with Gasteiger partial charge in [0.05, 0.1) is 16.8 Å². The molecule has 2 heterocycles. The zero-order chi connectivity index (χ0) is 17.2. The molecule has 0 aliphatic rings. The summed E-state index contributed by atoms with van der Waals surface area (Å²) >= 11 is 0. The van der Waals surface area contributed by atoms with Crippen LogP contribution in [0.4, 0.5) is 0 Å². The smallest absolute Gasteiger partial charge is 0.268 e. The van der Waals surface area contributed by atoms with Crippen LogP contribution in [0.2, 0.25) is 0 Å². The Morgan fingerprint density at radius 2 is 1.92 bits per heavy atom. The highest BCUT2D eigenvalue weighted by molar-refractivity contribution is 7.90. The summed E-state index contributed by atoms with van der Waals surface area (Å²) in [7, 11) is -3.66. The van der Waals surface area contributed by atoms with Gasteiger partial charge >= 0.3 is 0 Å². The second kappa shape index (κ2) is 6.62. The van der Waals surface area contributed by atoms with Crippen molar-refractivity contribution >= 4 is 10.0 Å². The van der Waals surface area contributed by atoms with Gasteiger partial charge in [0.1, 0.15) is 0 Å². The molecule has 7 heteroatoms. The number of aromatic nitrogens is 3. The zero-order valence-corrected chi connectivity index (χ0v) is 14.1. The number of benzene rings is 1. The number of hydrogen-bond acceptors (Lipinski definition) is 4. The summed E-state index contributed by atoms with van der Waals surface area (Å²) in [5.74, 6) is 0. The van der Waals surface area contributed by atoms with Crippen molar-refractivity contribution in [3.63, 3.8) is 0 Å². The van der Waals surface area contributed by atoms with Crippen molar-refractivity contribution in [3.8, 4) is 11.3 Å². The largest absolute Gasteiger partial charge is 0.396 e. The van der Waals surface area contributed by atoms with E-state index in [9.17, 15) is 8.42 Å². The van der Waals surface area contributed by atoms with Crippen molar-refractivity contribution in [1.82, 2.24) is 13.8 Å². The van der Waals surface area contributed by atoms with Gasteiger partial charge in [0.15, 0.2) is 0 Å². The van der Waals surface area contributed by atoms with E-state index in [1.54, 1.807) is 53.5 Å². The first-order chi connectivity index (χ1) is 11.5. The second-order valence-corrected chi connectivity index (χ2v) is 7.39. The molecule has 126 valence electrons. The van der Waals surface area contributed by atoms with Crippen LogP contribution in [0.25, 0.3) is 11.3 Å². The average Bonchev–Trinajstić information content (AvgIpc) is 3.22. The maximum atomic E-state index is 12.9. The normalized spacial score (nSPS) is 11.8. The van der Waals surface area contributed by atoms with E-state index in [4.69, 9.17) is 5.11 Å². The molecule has 0 amide bonds. The summed E-state index contributed by atoms with van der Waals surface area (Å²) in [6.07, 6.45) is 5.55. The van der Waals surface area contributed by atoms with Crippen LogP contribution >= 0.6 is 0 Å². The minimum Gasteiger partial charge on any atom is -0.396 e. The van der Waals surface area contributed by atoms with E-state index in [1.807, 2.05) is 6.92 Å². The number of aryl methyl sites for hydroxylation is 2. The molecule has 0 saturated carbocycles. The molecule has 0 spiro atoms. The lowest BCUT2D eigenvalue weighted by atomic mass is 10.2. The highest BCUT2D eigenvalue weighted by Crippen LogP contribution is 2.25. The van der Waals surface area contributed by atoms with Crippen molar-refractivity contribution in [2.45, 2.75) is 24.8 Å². The van der Waals surface area contributed by atoms with Gasteiger partial charge < -0.3 is 5.11 Å². The molecule has 1 aromatic carbocycles.